The number of aliphatic imine (C=N–C) groups is 1. The Hall–Kier alpha value is -2.93. The number of nitrogens with zero attached hydrogens (tertiary/aromatic N) is 2. The molecule has 0 aliphatic rings. The highest BCUT2D eigenvalue weighted by atomic mass is 16.5. The monoisotopic (exact) mass is 397 g/mol. The lowest BCUT2D eigenvalue weighted by Gasteiger charge is -2.16. The number of hydrogen-bond acceptors (Lipinski definition) is 4. The number of guanidine groups is 1. The number of anilines is 1. The lowest BCUT2D eigenvalue weighted by Crippen LogP contribution is -2.41. The number of hydrogen-bond donors (Lipinski definition) is 3. The molecule has 0 saturated heterocycles. The topological polar surface area (TPSA) is 87.6 Å². The van der Waals surface area contributed by atoms with E-state index in [0.29, 0.717) is 43.9 Å². The summed E-state index contributed by atoms with van der Waals surface area (Å²) in [6, 6.07) is 13.8. The number of carbonyl (C=O) groups is 1. The maximum absolute atomic E-state index is 12.0. The van der Waals surface area contributed by atoms with Gasteiger partial charge < -0.3 is 20.7 Å². The maximum Gasteiger partial charge on any atom is 0.227 e. The van der Waals surface area contributed by atoms with Crippen LogP contribution in [0.15, 0.2) is 53.7 Å². The average Bonchev–Trinajstić information content (AvgIpc) is 2.73. The number of aromatic nitrogens is 1. The van der Waals surface area contributed by atoms with E-state index in [-0.39, 0.29) is 5.91 Å². The Morgan fingerprint density at radius 2 is 1.97 bits per heavy atom. The molecule has 0 fully saturated rings. The van der Waals surface area contributed by atoms with E-state index in [9.17, 15) is 4.79 Å². The SMILES string of the molecule is CN=C(NCCC(=O)Nc1ccc(C)cn1)NCC(C)COCc1ccccc1. The molecule has 1 unspecified atom stereocenters. The van der Waals surface area contributed by atoms with Crippen LogP contribution in [0, 0.1) is 12.8 Å². The first kappa shape index (κ1) is 22.4. The molecule has 2 rings (SSSR count). The molecule has 7 heteroatoms. The minimum atomic E-state index is -0.0908. The largest absolute Gasteiger partial charge is 0.376 e. The minimum absolute atomic E-state index is 0.0908. The van der Waals surface area contributed by atoms with Crippen molar-refractivity contribution in [1.29, 1.82) is 0 Å². The van der Waals surface area contributed by atoms with E-state index in [4.69, 9.17) is 4.74 Å². The molecule has 7 nitrogen and oxygen atoms in total. The summed E-state index contributed by atoms with van der Waals surface area (Å²) in [7, 11) is 1.71. The first-order valence-corrected chi connectivity index (χ1v) is 9.85. The third-order valence-electron chi connectivity index (χ3n) is 4.18. The zero-order valence-corrected chi connectivity index (χ0v) is 17.4. The van der Waals surface area contributed by atoms with Gasteiger partial charge >= 0.3 is 0 Å². The third-order valence-corrected chi connectivity index (χ3v) is 4.18. The maximum atomic E-state index is 12.0. The Morgan fingerprint density at radius 1 is 1.17 bits per heavy atom. The fraction of sp³-hybridized carbons (Fsp3) is 0.409. The predicted octanol–water partition coefficient (Wildman–Crippen LogP) is 2.74. The van der Waals surface area contributed by atoms with Gasteiger partial charge in [-0.1, -0.05) is 43.3 Å². The molecule has 0 aliphatic carbocycles. The van der Waals surface area contributed by atoms with Gasteiger partial charge in [-0.3, -0.25) is 9.79 Å². The van der Waals surface area contributed by atoms with Gasteiger partial charge in [0.15, 0.2) is 5.96 Å². The molecule has 0 radical (unpaired) electrons. The van der Waals surface area contributed by atoms with Crippen molar-refractivity contribution >= 4 is 17.7 Å². The van der Waals surface area contributed by atoms with E-state index in [1.54, 1.807) is 19.3 Å². The van der Waals surface area contributed by atoms with Crippen LogP contribution < -0.4 is 16.0 Å². The van der Waals surface area contributed by atoms with Crippen molar-refractivity contribution in [1.82, 2.24) is 15.6 Å². The standard InChI is InChI=1S/C22H31N5O2/c1-17-9-10-20(25-13-17)27-21(28)11-12-24-22(23-3)26-14-18(2)15-29-16-19-7-5-4-6-8-19/h4-10,13,18H,11-12,14-16H2,1-3H3,(H2,23,24,26)(H,25,27,28). The molecule has 1 amide bonds. The summed E-state index contributed by atoms with van der Waals surface area (Å²) in [4.78, 5) is 20.4. The summed E-state index contributed by atoms with van der Waals surface area (Å²) in [5.41, 5.74) is 2.23. The van der Waals surface area contributed by atoms with Gasteiger partial charge in [0, 0.05) is 32.8 Å². The molecule has 1 atom stereocenters. The van der Waals surface area contributed by atoms with Crippen LogP contribution in [-0.4, -0.2) is 43.6 Å². The normalized spacial score (nSPS) is 12.3. The van der Waals surface area contributed by atoms with Crippen LogP contribution in [0.2, 0.25) is 0 Å². The van der Waals surface area contributed by atoms with Crippen LogP contribution in [0.5, 0.6) is 0 Å². The van der Waals surface area contributed by atoms with Crippen molar-refractivity contribution in [3.63, 3.8) is 0 Å². The van der Waals surface area contributed by atoms with Crippen molar-refractivity contribution < 1.29 is 9.53 Å². The lowest BCUT2D eigenvalue weighted by atomic mass is 10.2. The molecule has 1 heterocycles. The molecule has 3 N–H and O–H groups in total. The van der Waals surface area contributed by atoms with Crippen molar-refractivity contribution in [2.45, 2.75) is 26.9 Å². The first-order valence-electron chi connectivity index (χ1n) is 9.85. The Labute approximate surface area is 173 Å². The number of aryl methyl sites for hydroxylation is 1. The lowest BCUT2D eigenvalue weighted by molar-refractivity contribution is -0.116. The smallest absolute Gasteiger partial charge is 0.227 e. The van der Waals surface area contributed by atoms with Gasteiger partial charge in [-0.2, -0.15) is 0 Å². The fourth-order valence-corrected chi connectivity index (χ4v) is 2.54. The van der Waals surface area contributed by atoms with E-state index in [1.165, 1.54) is 5.56 Å². The predicted molar refractivity (Wildman–Crippen MR) is 117 cm³/mol. The van der Waals surface area contributed by atoms with Crippen LogP contribution in [0.3, 0.4) is 0 Å². The second-order valence-corrected chi connectivity index (χ2v) is 7.00. The summed E-state index contributed by atoms with van der Waals surface area (Å²) in [6.07, 6.45) is 2.05. The van der Waals surface area contributed by atoms with Gasteiger partial charge in [-0.15, -0.1) is 0 Å². The number of benzene rings is 1. The van der Waals surface area contributed by atoms with Gasteiger partial charge in [0.25, 0.3) is 0 Å². The van der Waals surface area contributed by atoms with Crippen LogP contribution in [0.1, 0.15) is 24.5 Å². The molecular formula is C22H31N5O2. The Kier molecular flexibility index (Phi) is 9.65. The van der Waals surface area contributed by atoms with Gasteiger partial charge in [-0.05, 0) is 30.0 Å². The Bertz CT molecular complexity index is 763. The van der Waals surface area contributed by atoms with Gasteiger partial charge in [0.2, 0.25) is 5.91 Å². The van der Waals surface area contributed by atoms with Crippen LogP contribution >= 0.6 is 0 Å². The quantitative estimate of drug-likeness (QED) is 0.424. The second kappa shape index (κ2) is 12.5. The second-order valence-electron chi connectivity index (χ2n) is 7.00. The van der Waals surface area contributed by atoms with Crippen molar-refractivity contribution in [3.05, 3.63) is 59.8 Å². The van der Waals surface area contributed by atoms with Crippen molar-refractivity contribution in [2.75, 3.05) is 32.1 Å². The molecule has 0 spiro atoms. The average molecular weight is 398 g/mol. The van der Waals surface area contributed by atoms with E-state index < -0.39 is 0 Å². The Morgan fingerprint density at radius 3 is 2.66 bits per heavy atom. The third kappa shape index (κ3) is 9.21. The number of rotatable bonds is 10. The van der Waals surface area contributed by atoms with E-state index >= 15 is 0 Å². The van der Waals surface area contributed by atoms with Crippen molar-refractivity contribution in [2.24, 2.45) is 10.9 Å². The molecule has 29 heavy (non-hydrogen) atoms. The number of carbonyl (C=O) groups excluding carboxylic acids is 1. The highest BCUT2D eigenvalue weighted by Gasteiger charge is 2.07. The number of amides is 1. The molecule has 156 valence electrons. The van der Waals surface area contributed by atoms with Gasteiger partial charge in [0.05, 0.1) is 13.2 Å². The molecular weight excluding hydrogens is 366 g/mol. The van der Waals surface area contributed by atoms with Crippen LogP contribution in [-0.2, 0) is 16.1 Å². The minimum Gasteiger partial charge on any atom is -0.376 e. The fourth-order valence-electron chi connectivity index (χ4n) is 2.54. The van der Waals surface area contributed by atoms with Crippen LogP contribution in [0.4, 0.5) is 5.82 Å². The summed E-state index contributed by atoms with van der Waals surface area (Å²) in [5.74, 6) is 1.47. The van der Waals surface area contributed by atoms with E-state index in [1.807, 2.05) is 31.2 Å². The number of ether oxygens (including phenoxy) is 1. The zero-order chi connectivity index (χ0) is 20.9. The van der Waals surface area contributed by atoms with Crippen LogP contribution in [0.25, 0.3) is 0 Å². The van der Waals surface area contributed by atoms with E-state index in [0.717, 1.165) is 12.1 Å². The molecule has 0 saturated carbocycles. The van der Waals surface area contributed by atoms with E-state index in [2.05, 4.69) is 45.0 Å². The summed E-state index contributed by atoms with van der Waals surface area (Å²) in [6.45, 7) is 6.56. The zero-order valence-electron chi connectivity index (χ0n) is 17.4. The molecule has 2 aromatic rings. The van der Waals surface area contributed by atoms with Gasteiger partial charge in [0.1, 0.15) is 5.82 Å². The molecule has 0 bridgehead atoms. The number of pyridine rings is 1. The highest BCUT2D eigenvalue weighted by Crippen LogP contribution is 2.04. The highest BCUT2D eigenvalue weighted by molar-refractivity contribution is 5.90. The first-order chi connectivity index (χ1) is 14.1. The summed E-state index contributed by atoms with van der Waals surface area (Å²) < 4.78 is 5.76. The number of nitrogens with one attached hydrogen (secondary N) is 3. The summed E-state index contributed by atoms with van der Waals surface area (Å²) in [5, 5.41) is 9.19. The summed E-state index contributed by atoms with van der Waals surface area (Å²) >= 11 is 0. The van der Waals surface area contributed by atoms with Gasteiger partial charge in [-0.25, -0.2) is 4.98 Å². The molecule has 1 aromatic heterocycles. The molecule has 1 aromatic carbocycles. The Balaban J connectivity index is 1.59. The molecule has 0 aliphatic heterocycles. The van der Waals surface area contributed by atoms with Crippen molar-refractivity contribution in [3.8, 4) is 0 Å².